The molecule has 0 radical (unpaired) electrons. The van der Waals surface area contributed by atoms with Gasteiger partial charge in [0.15, 0.2) is 0 Å². The number of benzene rings is 1. The lowest BCUT2D eigenvalue weighted by Gasteiger charge is -2.17. The van der Waals surface area contributed by atoms with Crippen molar-refractivity contribution in [1.82, 2.24) is 5.43 Å². The lowest BCUT2D eigenvalue weighted by molar-refractivity contribution is 0.409. The number of hydrazine groups is 1. The molecule has 1 aromatic rings. The first-order valence-corrected chi connectivity index (χ1v) is 6.81. The van der Waals surface area contributed by atoms with Crippen molar-refractivity contribution in [3.05, 3.63) is 33.4 Å². The van der Waals surface area contributed by atoms with Gasteiger partial charge in [0.25, 0.3) is 0 Å². The average Bonchev–Trinajstić information content (AvgIpc) is 2.87. The van der Waals surface area contributed by atoms with Crippen LogP contribution in [0, 0.1) is 14.9 Å². The summed E-state index contributed by atoms with van der Waals surface area (Å²) in [4.78, 5) is 0. The predicted octanol–water partition coefficient (Wildman–Crippen LogP) is 2.71. The number of nitrogens with two attached hydrogens (primary N) is 1. The maximum Gasteiger partial charge on any atom is 0.0284 e. The van der Waals surface area contributed by atoms with Gasteiger partial charge in [0.2, 0.25) is 0 Å². The number of hydrogen-bond donors (Lipinski definition) is 2. The molecule has 16 heavy (non-hydrogen) atoms. The molecular formula is C13H19IN2. The normalized spacial score (nSPS) is 24.1. The Morgan fingerprint density at radius 1 is 1.44 bits per heavy atom. The van der Waals surface area contributed by atoms with E-state index in [9.17, 15) is 0 Å². The third-order valence-electron chi connectivity index (χ3n) is 3.66. The summed E-state index contributed by atoms with van der Waals surface area (Å²) in [5.41, 5.74) is 4.82. The topological polar surface area (TPSA) is 38.0 Å². The van der Waals surface area contributed by atoms with Crippen LogP contribution in [0.5, 0.6) is 0 Å². The molecule has 0 spiro atoms. The second-order valence-electron chi connectivity index (χ2n) is 5.40. The first-order chi connectivity index (χ1) is 7.53. The molecule has 0 aliphatic heterocycles. The second-order valence-corrected chi connectivity index (χ2v) is 6.65. The summed E-state index contributed by atoms with van der Waals surface area (Å²) in [6.07, 6.45) is 2.31. The van der Waals surface area contributed by atoms with E-state index in [0.29, 0.717) is 11.5 Å². The molecular weight excluding hydrogens is 311 g/mol. The molecule has 3 heteroatoms. The summed E-state index contributed by atoms with van der Waals surface area (Å²) in [5, 5.41) is 0. The quantitative estimate of drug-likeness (QED) is 0.506. The molecule has 2 nitrogen and oxygen atoms in total. The van der Waals surface area contributed by atoms with Gasteiger partial charge in [-0.3, -0.25) is 11.3 Å². The van der Waals surface area contributed by atoms with Crippen LogP contribution in [0.4, 0.5) is 0 Å². The zero-order valence-corrected chi connectivity index (χ0v) is 12.0. The van der Waals surface area contributed by atoms with Crippen LogP contribution in [0.25, 0.3) is 0 Å². The van der Waals surface area contributed by atoms with E-state index in [1.54, 1.807) is 0 Å². The van der Waals surface area contributed by atoms with Crippen molar-refractivity contribution in [3.8, 4) is 0 Å². The Kier molecular flexibility index (Phi) is 3.56. The molecule has 0 aromatic heterocycles. The fraction of sp³-hybridized carbons (Fsp3) is 0.538. The minimum Gasteiger partial charge on any atom is -0.271 e. The van der Waals surface area contributed by atoms with Gasteiger partial charge in [0, 0.05) is 9.61 Å². The van der Waals surface area contributed by atoms with E-state index in [2.05, 4.69) is 66.1 Å². The van der Waals surface area contributed by atoms with E-state index in [1.807, 2.05) is 0 Å². The molecule has 1 saturated carbocycles. The molecule has 1 aliphatic rings. The van der Waals surface area contributed by atoms with Crippen LogP contribution in [0.1, 0.15) is 25.8 Å². The van der Waals surface area contributed by atoms with Gasteiger partial charge >= 0.3 is 0 Å². The molecule has 2 rings (SSSR count). The van der Waals surface area contributed by atoms with E-state index < -0.39 is 0 Å². The van der Waals surface area contributed by atoms with Crippen molar-refractivity contribution in [2.75, 3.05) is 0 Å². The highest BCUT2D eigenvalue weighted by Crippen LogP contribution is 2.53. The molecule has 3 N–H and O–H groups in total. The van der Waals surface area contributed by atoms with Crippen LogP contribution < -0.4 is 11.3 Å². The number of halogens is 1. The van der Waals surface area contributed by atoms with Crippen molar-refractivity contribution in [1.29, 1.82) is 0 Å². The molecule has 2 unspecified atom stereocenters. The van der Waals surface area contributed by atoms with Crippen LogP contribution in [0.2, 0.25) is 0 Å². The molecule has 88 valence electrons. The summed E-state index contributed by atoms with van der Waals surface area (Å²) in [5.74, 6) is 6.38. The molecule has 0 heterocycles. The molecule has 1 aliphatic carbocycles. The lowest BCUT2D eigenvalue weighted by atomic mass is 9.98. The summed E-state index contributed by atoms with van der Waals surface area (Å²) in [7, 11) is 0. The third-order valence-corrected chi connectivity index (χ3v) is 4.38. The van der Waals surface area contributed by atoms with Crippen LogP contribution >= 0.6 is 22.6 Å². The van der Waals surface area contributed by atoms with Crippen LogP contribution in [-0.4, -0.2) is 6.04 Å². The highest BCUT2D eigenvalue weighted by Gasteiger charge is 2.49. The number of nitrogens with one attached hydrogen (secondary N) is 1. The van der Waals surface area contributed by atoms with E-state index in [4.69, 9.17) is 5.84 Å². The van der Waals surface area contributed by atoms with Crippen LogP contribution in [0.15, 0.2) is 24.3 Å². The highest BCUT2D eigenvalue weighted by atomic mass is 127. The molecule has 0 bridgehead atoms. The van der Waals surface area contributed by atoms with Gasteiger partial charge in [0.1, 0.15) is 0 Å². The van der Waals surface area contributed by atoms with Crippen molar-refractivity contribution in [2.24, 2.45) is 17.2 Å². The smallest absolute Gasteiger partial charge is 0.0284 e. The Morgan fingerprint density at radius 3 is 2.44 bits per heavy atom. The van der Waals surface area contributed by atoms with E-state index in [1.165, 1.54) is 15.6 Å². The summed E-state index contributed by atoms with van der Waals surface area (Å²) < 4.78 is 1.28. The van der Waals surface area contributed by atoms with Gasteiger partial charge in [-0.15, -0.1) is 0 Å². The SMILES string of the molecule is CC1(C)CC1C(Cc1ccc(I)cc1)NN. The number of hydrogen-bond acceptors (Lipinski definition) is 2. The van der Waals surface area contributed by atoms with Crippen molar-refractivity contribution < 1.29 is 0 Å². The van der Waals surface area contributed by atoms with Crippen molar-refractivity contribution >= 4 is 22.6 Å². The Balaban J connectivity index is 2.00. The summed E-state index contributed by atoms with van der Waals surface area (Å²) in [6.45, 7) is 4.63. The van der Waals surface area contributed by atoms with Gasteiger partial charge < -0.3 is 0 Å². The zero-order valence-electron chi connectivity index (χ0n) is 9.83. The van der Waals surface area contributed by atoms with E-state index >= 15 is 0 Å². The Morgan fingerprint density at radius 2 is 2.00 bits per heavy atom. The van der Waals surface area contributed by atoms with Crippen LogP contribution in [-0.2, 0) is 6.42 Å². The second kappa shape index (κ2) is 4.63. The van der Waals surface area contributed by atoms with Gasteiger partial charge in [-0.25, -0.2) is 0 Å². The fourth-order valence-corrected chi connectivity index (χ4v) is 2.75. The molecule has 0 amide bonds. The maximum atomic E-state index is 5.66. The Hall–Kier alpha value is -0.130. The molecule has 0 saturated heterocycles. The van der Waals surface area contributed by atoms with Gasteiger partial charge in [-0.1, -0.05) is 26.0 Å². The summed E-state index contributed by atoms with van der Waals surface area (Å²) >= 11 is 2.33. The fourth-order valence-electron chi connectivity index (χ4n) is 2.39. The summed E-state index contributed by atoms with van der Waals surface area (Å²) in [6, 6.07) is 9.11. The van der Waals surface area contributed by atoms with E-state index in [-0.39, 0.29) is 0 Å². The molecule has 2 atom stereocenters. The standard InChI is InChI=1S/C13H19IN2/c1-13(2)8-11(13)12(16-15)7-9-3-5-10(14)6-4-9/h3-6,11-12,16H,7-8,15H2,1-2H3. The zero-order chi connectivity index (χ0) is 11.8. The maximum absolute atomic E-state index is 5.66. The first-order valence-electron chi connectivity index (χ1n) is 5.73. The lowest BCUT2D eigenvalue weighted by Crippen LogP contribution is -2.39. The van der Waals surface area contributed by atoms with Gasteiger partial charge in [-0.2, -0.15) is 0 Å². The number of rotatable bonds is 4. The monoisotopic (exact) mass is 330 g/mol. The largest absolute Gasteiger partial charge is 0.271 e. The average molecular weight is 330 g/mol. The minimum absolute atomic E-state index is 0.412. The Labute approximate surface area is 111 Å². The van der Waals surface area contributed by atoms with Crippen molar-refractivity contribution in [3.63, 3.8) is 0 Å². The molecule has 1 aromatic carbocycles. The predicted molar refractivity (Wildman–Crippen MR) is 75.9 cm³/mol. The van der Waals surface area contributed by atoms with Crippen molar-refractivity contribution in [2.45, 2.75) is 32.7 Å². The third kappa shape index (κ3) is 2.76. The van der Waals surface area contributed by atoms with Gasteiger partial charge in [-0.05, 0) is 64.5 Å². The Bertz CT molecular complexity index is 359. The van der Waals surface area contributed by atoms with Crippen LogP contribution in [0.3, 0.4) is 0 Å². The minimum atomic E-state index is 0.412. The van der Waals surface area contributed by atoms with E-state index in [0.717, 1.165) is 12.3 Å². The van der Waals surface area contributed by atoms with Gasteiger partial charge in [0.05, 0.1) is 0 Å². The molecule has 1 fully saturated rings. The highest BCUT2D eigenvalue weighted by molar-refractivity contribution is 14.1. The first kappa shape index (κ1) is 12.3.